The molecule has 3 nitrogen and oxygen atoms in total. The van der Waals surface area contributed by atoms with Crippen LogP contribution in [0.15, 0.2) is 48.5 Å². The molecule has 0 bridgehead atoms. The second kappa shape index (κ2) is 5.86. The lowest BCUT2D eigenvalue weighted by atomic mass is 10.2. The lowest BCUT2D eigenvalue weighted by molar-refractivity contribution is 0.0692. The zero-order chi connectivity index (χ0) is 13.0. The molecule has 2 rings (SSSR count). The Kier molecular flexibility index (Phi) is 4.19. The number of carboxylic acids is 1. The predicted octanol–water partition coefficient (Wildman–Crippen LogP) is 3.57. The molecule has 1 N–H and O–H groups in total. The molecule has 0 aliphatic rings. The molecule has 0 saturated carbocycles. The fourth-order valence-corrected chi connectivity index (χ4v) is 2.16. The van der Waals surface area contributed by atoms with E-state index >= 15 is 0 Å². The minimum absolute atomic E-state index is 0.183. The smallest absolute Gasteiger partial charge is 0.339 e. The van der Waals surface area contributed by atoms with Crippen LogP contribution in [-0.2, 0) is 6.61 Å². The molecule has 0 spiro atoms. The van der Waals surface area contributed by atoms with Gasteiger partial charge in [-0.05, 0) is 52.4 Å². The number of carboxylic acid groups (broad SMARTS) is 1. The van der Waals surface area contributed by atoms with Crippen LogP contribution < -0.4 is 4.74 Å². The van der Waals surface area contributed by atoms with Crippen molar-refractivity contribution in [2.24, 2.45) is 0 Å². The highest BCUT2D eigenvalue weighted by molar-refractivity contribution is 14.1. The molecular weight excluding hydrogens is 343 g/mol. The molecule has 0 heterocycles. The number of para-hydroxylation sites is 1. The molecule has 0 amide bonds. The first-order valence-corrected chi connectivity index (χ1v) is 6.44. The summed E-state index contributed by atoms with van der Waals surface area (Å²) in [5, 5.41) is 9.03. The molecule has 4 heteroatoms. The maximum absolute atomic E-state index is 11.0. The average molecular weight is 354 g/mol. The Bertz CT molecular complexity index is 566. The summed E-state index contributed by atoms with van der Waals surface area (Å²) in [6.45, 7) is 0.362. The summed E-state index contributed by atoms with van der Waals surface area (Å²) in [7, 11) is 0. The average Bonchev–Trinajstić information content (AvgIpc) is 2.37. The van der Waals surface area contributed by atoms with E-state index in [0.717, 1.165) is 9.13 Å². The Morgan fingerprint density at radius 2 is 1.94 bits per heavy atom. The van der Waals surface area contributed by atoms with E-state index in [1.165, 1.54) is 6.07 Å². The van der Waals surface area contributed by atoms with Crippen molar-refractivity contribution >= 4 is 28.6 Å². The fraction of sp³-hybridized carbons (Fsp3) is 0.0714. The Morgan fingerprint density at radius 3 is 2.67 bits per heavy atom. The maximum atomic E-state index is 11.0. The van der Waals surface area contributed by atoms with Crippen molar-refractivity contribution in [3.63, 3.8) is 0 Å². The summed E-state index contributed by atoms with van der Waals surface area (Å²) in [4.78, 5) is 11.0. The van der Waals surface area contributed by atoms with Crippen LogP contribution in [0.2, 0.25) is 0 Å². The quantitative estimate of drug-likeness (QED) is 0.854. The molecule has 0 unspecified atom stereocenters. The fourth-order valence-electron chi connectivity index (χ4n) is 1.56. The molecule has 0 aliphatic heterocycles. The van der Waals surface area contributed by atoms with Gasteiger partial charge in [-0.1, -0.05) is 24.3 Å². The minimum Gasteiger partial charge on any atom is -0.488 e. The van der Waals surface area contributed by atoms with Gasteiger partial charge in [0.1, 0.15) is 17.9 Å². The summed E-state index contributed by atoms with van der Waals surface area (Å²) < 4.78 is 6.68. The van der Waals surface area contributed by atoms with Gasteiger partial charge in [-0.2, -0.15) is 0 Å². The van der Waals surface area contributed by atoms with E-state index < -0.39 is 5.97 Å². The van der Waals surface area contributed by atoms with E-state index in [1.54, 1.807) is 18.2 Å². The van der Waals surface area contributed by atoms with Gasteiger partial charge in [-0.25, -0.2) is 4.79 Å². The zero-order valence-electron chi connectivity index (χ0n) is 9.47. The van der Waals surface area contributed by atoms with Gasteiger partial charge in [0.25, 0.3) is 0 Å². The van der Waals surface area contributed by atoms with E-state index in [9.17, 15) is 4.79 Å². The number of rotatable bonds is 4. The molecule has 2 aromatic carbocycles. The van der Waals surface area contributed by atoms with Gasteiger partial charge in [0.05, 0.1) is 0 Å². The molecule has 0 radical (unpaired) electrons. The molecule has 0 saturated heterocycles. The largest absolute Gasteiger partial charge is 0.488 e. The normalized spacial score (nSPS) is 10.1. The van der Waals surface area contributed by atoms with Gasteiger partial charge in [-0.15, -0.1) is 0 Å². The van der Waals surface area contributed by atoms with Crippen LogP contribution in [0.1, 0.15) is 15.9 Å². The van der Waals surface area contributed by atoms with E-state index in [4.69, 9.17) is 9.84 Å². The summed E-state index contributed by atoms with van der Waals surface area (Å²) >= 11 is 2.23. The van der Waals surface area contributed by atoms with Crippen molar-refractivity contribution < 1.29 is 14.6 Å². The second-order valence-corrected chi connectivity index (χ2v) is 4.97. The van der Waals surface area contributed by atoms with Gasteiger partial charge in [-0.3, -0.25) is 0 Å². The molecule has 0 fully saturated rings. The molecule has 0 aromatic heterocycles. The highest BCUT2D eigenvalue weighted by atomic mass is 127. The van der Waals surface area contributed by atoms with Crippen LogP contribution in [0.3, 0.4) is 0 Å². The van der Waals surface area contributed by atoms with Crippen LogP contribution in [0, 0.1) is 3.57 Å². The monoisotopic (exact) mass is 354 g/mol. The summed E-state index contributed by atoms with van der Waals surface area (Å²) in [5.41, 5.74) is 1.20. The van der Waals surface area contributed by atoms with E-state index in [1.807, 2.05) is 24.3 Å². The van der Waals surface area contributed by atoms with Crippen LogP contribution in [0.25, 0.3) is 0 Å². The lowest BCUT2D eigenvalue weighted by Gasteiger charge is -2.09. The topological polar surface area (TPSA) is 46.5 Å². The number of hydrogen-bond donors (Lipinski definition) is 1. The van der Waals surface area contributed by atoms with Crippen LogP contribution in [0.4, 0.5) is 0 Å². The number of halogens is 1. The standard InChI is InChI=1S/C14H11IO3/c15-11-5-3-4-10(8-11)9-18-13-7-2-1-6-12(13)14(16)17/h1-8H,9H2,(H,16,17). The van der Waals surface area contributed by atoms with Gasteiger partial charge in [0, 0.05) is 3.57 Å². The van der Waals surface area contributed by atoms with Crippen LogP contribution in [-0.4, -0.2) is 11.1 Å². The van der Waals surface area contributed by atoms with E-state index in [-0.39, 0.29) is 5.56 Å². The van der Waals surface area contributed by atoms with Crippen molar-refractivity contribution in [3.8, 4) is 5.75 Å². The van der Waals surface area contributed by atoms with Crippen molar-refractivity contribution in [2.75, 3.05) is 0 Å². The Labute approximate surface area is 119 Å². The molecule has 0 atom stereocenters. The van der Waals surface area contributed by atoms with Crippen molar-refractivity contribution in [1.82, 2.24) is 0 Å². The Morgan fingerprint density at radius 1 is 1.17 bits per heavy atom. The van der Waals surface area contributed by atoms with Gasteiger partial charge in [0.2, 0.25) is 0 Å². The summed E-state index contributed by atoms with van der Waals surface area (Å²) in [6, 6.07) is 14.5. The highest BCUT2D eigenvalue weighted by Crippen LogP contribution is 2.19. The number of aromatic carboxylic acids is 1. The van der Waals surface area contributed by atoms with Gasteiger partial charge >= 0.3 is 5.97 Å². The molecule has 0 aliphatic carbocycles. The van der Waals surface area contributed by atoms with Crippen molar-refractivity contribution in [1.29, 1.82) is 0 Å². The molecular formula is C14H11IO3. The lowest BCUT2D eigenvalue weighted by Crippen LogP contribution is -2.03. The maximum Gasteiger partial charge on any atom is 0.339 e. The van der Waals surface area contributed by atoms with E-state index in [0.29, 0.717) is 12.4 Å². The highest BCUT2D eigenvalue weighted by Gasteiger charge is 2.09. The number of hydrogen-bond acceptors (Lipinski definition) is 2. The first-order valence-electron chi connectivity index (χ1n) is 5.36. The number of carbonyl (C=O) groups is 1. The third-order valence-corrected chi connectivity index (χ3v) is 3.07. The summed E-state index contributed by atoms with van der Waals surface area (Å²) in [6.07, 6.45) is 0. The molecule has 92 valence electrons. The van der Waals surface area contributed by atoms with Gasteiger partial charge < -0.3 is 9.84 Å². The van der Waals surface area contributed by atoms with Crippen molar-refractivity contribution in [2.45, 2.75) is 6.61 Å². The Balaban J connectivity index is 2.13. The zero-order valence-corrected chi connectivity index (χ0v) is 11.6. The Hall–Kier alpha value is -1.56. The number of benzene rings is 2. The minimum atomic E-state index is -0.978. The van der Waals surface area contributed by atoms with E-state index in [2.05, 4.69) is 22.6 Å². The predicted molar refractivity (Wildman–Crippen MR) is 76.9 cm³/mol. The first-order chi connectivity index (χ1) is 8.66. The first kappa shape index (κ1) is 12.9. The van der Waals surface area contributed by atoms with Crippen LogP contribution >= 0.6 is 22.6 Å². The van der Waals surface area contributed by atoms with Crippen molar-refractivity contribution in [3.05, 3.63) is 63.2 Å². The molecule has 2 aromatic rings. The molecule has 18 heavy (non-hydrogen) atoms. The van der Waals surface area contributed by atoms with Crippen LogP contribution in [0.5, 0.6) is 5.75 Å². The summed E-state index contributed by atoms with van der Waals surface area (Å²) in [5.74, 6) is -0.586. The number of ether oxygens (including phenoxy) is 1. The third-order valence-electron chi connectivity index (χ3n) is 2.40. The SMILES string of the molecule is O=C(O)c1ccccc1OCc1cccc(I)c1. The third kappa shape index (κ3) is 3.22. The van der Waals surface area contributed by atoms with Gasteiger partial charge in [0.15, 0.2) is 0 Å². The second-order valence-electron chi connectivity index (χ2n) is 3.72.